The van der Waals surface area contributed by atoms with Gasteiger partial charge in [-0.1, -0.05) is 4.45 Å². The third-order valence-electron chi connectivity index (χ3n) is 7.74. The van der Waals surface area contributed by atoms with Crippen molar-refractivity contribution in [3.05, 3.63) is 76.1 Å². The van der Waals surface area contributed by atoms with E-state index in [2.05, 4.69) is 16.6 Å². The summed E-state index contributed by atoms with van der Waals surface area (Å²) in [5.74, 6) is -0.196. The Kier molecular flexibility index (Phi) is 6.91. The van der Waals surface area contributed by atoms with Gasteiger partial charge >= 0.3 is 5.56 Å². The average Bonchev–Trinajstić information content (AvgIpc) is 3.50. The van der Waals surface area contributed by atoms with Crippen LogP contribution in [-0.4, -0.2) is 51.3 Å². The molecule has 1 amide bonds. The van der Waals surface area contributed by atoms with E-state index in [9.17, 15) is 9.59 Å². The van der Waals surface area contributed by atoms with E-state index in [4.69, 9.17) is 14.2 Å². The molecular weight excluding hydrogens is 546 g/mol. The highest BCUT2D eigenvalue weighted by Crippen LogP contribution is 2.49. The number of aromatic nitrogens is 3. The van der Waals surface area contributed by atoms with Crippen molar-refractivity contribution >= 4 is 36.5 Å². The first-order valence-corrected chi connectivity index (χ1v) is 15.4. The van der Waals surface area contributed by atoms with Crippen molar-refractivity contribution in [1.29, 1.82) is 0 Å². The lowest BCUT2D eigenvalue weighted by molar-refractivity contribution is 0.00383. The minimum absolute atomic E-state index is 0.000405. The van der Waals surface area contributed by atoms with Crippen LogP contribution in [-0.2, 0) is 11.8 Å². The number of fused-ring (bicyclic) bond motifs is 1. The first-order chi connectivity index (χ1) is 19.6. The Bertz CT molecular complexity index is 1760. The van der Waals surface area contributed by atoms with E-state index >= 15 is 4.39 Å². The molecule has 2 unspecified atom stereocenters. The van der Waals surface area contributed by atoms with Gasteiger partial charge in [0.1, 0.15) is 30.3 Å². The van der Waals surface area contributed by atoms with Crippen molar-refractivity contribution < 1.29 is 23.4 Å². The maximum absolute atomic E-state index is 15.1. The van der Waals surface area contributed by atoms with Gasteiger partial charge in [0.15, 0.2) is 11.6 Å². The van der Waals surface area contributed by atoms with E-state index in [0.717, 1.165) is 31.7 Å². The fourth-order valence-electron chi connectivity index (χ4n) is 5.30. The summed E-state index contributed by atoms with van der Waals surface area (Å²) in [6, 6.07) is 11.3. The first-order valence-electron chi connectivity index (χ1n) is 13.5. The third kappa shape index (κ3) is 5.25. The molecule has 1 aliphatic carbocycles. The Hall–Kier alpha value is -4.01. The van der Waals surface area contributed by atoms with Gasteiger partial charge in [0, 0.05) is 36.5 Å². The molecule has 11 heteroatoms. The lowest BCUT2D eigenvalue weighted by Gasteiger charge is -2.14. The largest absolute Gasteiger partial charge is 0.491 e. The molecule has 0 bridgehead atoms. The fraction of sp³-hybridized carbons (Fsp3) is 0.333. The molecule has 3 heterocycles. The van der Waals surface area contributed by atoms with E-state index in [-0.39, 0.29) is 28.7 Å². The summed E-state index contributed by atoms with van der Waals surface area (Å²) in [5.41, 5.74) is 1.05. The molecule has 9 nitrogen and oxygen atoms in total. The van der Waals surface area contributed by atoms with Gasteiger partial charge in [-0.3, -0.25) is 19.3 Å². The molecule has 1 spiro atoms. The standard InChI is InChI=1S/C30H30FN4O5P/c1-18-27(29(37)35(34(18)2)41(3)4)28(36)33-19-5-8-26(23(31)15-19)39-25-10-14-32-24-16-20(6-7-22(24)25)38-17-21-9-11-30(40-21)12-13-30/h5-8,10,14-16,21H,3,9,11-13,17H2,1-2,4H3/p+1. The van der Waals surface area contributed by atoms with Gasteiger partial charge in [-0.15, -0.1) is 0 Å². The molecule has 41 heavy (non-hydrogen) atoms. The number of hydrogen-bond acceptors (Lipinski definition) is 6. The summed E-state index contributed by atoms with van der Waals surface area (Å²) in [5, 5.41) is 3.32. The molecule has 2 aromatic carbocycles. The van der Waals surface area contributed by atoms with Gasteiger partial charge in [0.2, 0.25) is 7.70 Å². The maximum Gasteiger partial charge on any atom is 0.321 e. The number of pyridine rings is 1. The Labute approximate surface area is 237 Å². The predicted octanol–water partition coefficient (Wildman–Crippen LogP) is 5.62. The molecule has 1 aliphatic heterocycles. The van der Waals surface area contributed by atoms with Gasteiger partial charge in [0.05, 0.1) is 29.2 Å². The summed E-state index contributed by atoms with van der Waals surface area (Å²) >= 11 is 0. The van der Waals surface area contributed by atoms with Crippen LogP contribution in [0.1, 0.15) is 41.7 Å². The van der Waals surface area contributed by atoms with Crippen molar-refractivity contribution in [1.82, 2.24) is 14.1 Å². The molecule has 1 saturated carbocycles. The van der Waals surface area contributed by atoms with Crippen molar-refractivity contribution in [2.75, 3.05) is 18.6 Å². The van der Waals surface area contributed by atoms with Crippen molar-refractivity contribution in [3.8, 4) is 17.2 Å². The van der Waals surface area contributed by atoms with E-state index in [1.54, 1.807) is 30.9 Å². The van der Waals surface area contributed by atoms with E-state index in [1.807, 2.05) is 24.9 Å². The first kappa shape index (κ1) is 27.2. The quantitative estimate of drug-likeness (QED) is 0.273. The monoisotopic (exact) mass is 577 g/mol. The number of anilines is 1. The summed E-state index contributed by atoms with van der Waals surface area (Å²) < 4.78 is 36.2. The van der Waals surface area contributed by atoms with E-state index in [0.29, 0.717) is 34.7 Å². The smallest absolute Gasteiger partial charge is 0.321 e. The van der Waals surface area contributed by atoms with Crippen LogP contribution in [0.4, 0.5) is 10.1 Å². The molecular formula is C30H31FN4O5P+. The summed E-state index contributed by atoms with van der Waals surface area (Å²) in [7, 11) is 0.676. The highest BCUT2D eigenvalue weighted by atomic mass is 31.1. The number of ether oxygens (including phenoxy) is 3. The van der Waals surface area contributed by atoms with Gasteiger partial charge in [0.25, 0.3) is 5.91 Å². The molecule has 1 saturated heterocycles. The normalized spacial score (nSPS) is 17.6. The van der Waals surface area contributed by atoms with Gasteiger partial charge in [-0.25, -0.2) is 4.39 Å². The van der Waals surface area contributed by atoms with Crippen LogP contribution in [0.25, 0.3) is 10.9 Å². The Morgan fingerprint density at radius 2 is 2.02 bits per heavy atom. The van der Waals surface area contributed by atoms with E-state index < -0.39 is 25.0 Å². The number of carbonyl (C=O) groups excluding carboxylic acids is 1. The second-order valence-electron chi connectivity index (χ2n) is 10.7. The average molecular weight is 578 g/mol. The van der Waals surface area contributed by atoms with Crippen molar-refractivity contribution in [2.24, 2.45) is 7.05 Å². The minimum Gasteiger partial charge on any atom is -0.491 e. The number of amides is 1. The van der Waals surface area contributed by atoms with Crippen LogP contribution in [0, 0.1) is 12.7 Å². The molecule has 4 aromatic rings. The van der Waals surface area contributed by atoms with Gasteiger partial charge in [-0.2, -0.15) is 0 Å². The summed E-state index contributed by atoms with van der Waals surface area (Å²) in [4.78, 5) is 30.2. The second kappa shape index (κ2) is 10.4. The number of carbonyl (C=O) groups is 1. The fourth-order valence-corrected chi connectivity index (χ4v) is 6.31. The molecule has 2 fully saturated rings. The van der Waals surface area contributed by atoms with Crippen LogP contribution < -0.4 is 20.3 Å². The molecule has 0 radical (unpaired) electrons. The van der Waals surface area contributed by atoms with Crippen LogP contribution >= 0.6 is 7.70 Å². The SMILES string of the molecule is C=[P+](C)n1c(=O)c(C(=O)Nc2ccc(Oc3ccnc4cc(OCC5CCC6(CC6)O5)ccc34)c(F)c2)c(C)n1C. The summed E-state index contributed by atoms with van der Waals surface area (Å²) in [6.45, 7) is 4.00. The van der Waals surface area contributed by atoms with Crippen LogP contribution in [0.15, 0.2) is 53.5 Å². The predicted molar refractivity (Wildman–Crippen MR) is 158 cm³/mol. The Morgan fingerprint density at radius 3 is 2.71 bits per heavy atom. The topological polar surface area (TPSA) is 96.6 Å². The number of nitrogens with one attached hydrogen (secondary N) is 1. The zero-order chi connectivity index (χ0) is 28.9. The molecule has 2 aliphatic rings. The molecule has 212 valence electrons. The highest BCUT2D eigenvalue weighted by Gasteiger charge is 2.49. The van der Waals surface area contributed by atoms with Crippen LogP contribution in [0.5, 0.6) is 17.2 Å². The molecule has 1 N–H and O–H groups in total. The van der Waals surface area contributed by atoms with Gasteiger partial charge in [-0.05, 0) is 62.9 Å². The van der Waals surface area contributed by atoms with Crippen molar-refractivity contribution in [3.63, 3.8) is 0 Å². The number of nitrogens with zero attached hydrogens (tertiary/aromatic N) is 3. The zero-order valence-electron chi connectivity index (χ0n) is 23.1. The molecule has 2 atom stereocenters. The minimum atomic E-state index is -1.03. The maximum atomic E-state index is 15.1. The number of halogens is 1. The lowest BCUT2D eigenvalue weighted by Crippen LogP contribution is -2.23. The van der Waals surface area contributed by atoms with Crippen molar-refractivity contribution in [2.45, 2.75) is 44.3 Å². The molecule has 2 aromatic heterocycles. The van der Waals surface area contributed by atoms with Crippen LogP contribution in [0.2, 0.25) is 0 Å². The Balaban J connectivity index is 1.15. The number of benzene rings is 2. The third-order valence-corrected chi connectivity index (χ3v) is 8.84. The second-order valence-corrected chi connectivity index (χ2v) is 12.4. The van der Waals surface area contributed by atoms with Gasteiger partial charge < -0.3 is 19.5 Å². The Morgan fingerprint density at radius 1 is 1.22 bits per heavy atom. The molecule has 6 rings (SSSR count). The highest BCUT2D eigenvalue weighted by molar-refractivity contribution is 7.53. The van der Waals surface area contributed by atoms with Crippen LogP contribution in [0.3, 0.4) is 0 Å². The lowest BCUT2D eigenvalue weighted by atomic mass is 10.2. The zero-order valence-corrected chi connectivity index (χ0v) is 24.0. The summed E-state index contributed by atoms with van der Waals surface area (Å²) in [6.07, 6.45) is 10.1. The number of hydrogen-bond donors (Lipinski definition) is 1. The van der Waals surface area contributed by atoms with E-state index in [1.165, 1.54) is 16.6 Å². The number of rotatable bonds is 8.